The molecular formula is C13H11ClN2O2. The topological polar surface area (TPSA) is 54.1 Å². The van der Waals surface area contributed by atoms with Crippen LogP contribution in [-0.4, -0.2) is 23.5 Å². The van der Waals surface area contributed by atoms with Gasteiger partial charge in [0.05, 0.1) is 16.6 Å². The van der Waals surface area contributed by atoms with Crippen molar-refractivity contribution >= 4 is 28.4 Å². The molecule has 4 rings (SSSR count). The van der Waals surface area contributed by atoms with Crippen molar-refractivity contribution in [2.45, 2.75) is 18.6 Å². The molecule has 18 heavy (non-hydrogen) atoms. The summed E-state index contributed by atoms with van der Waals surface area (Å²) in [7, 11) is 0. The van der Waals surface area contributed by atoms with E-state index in [0.717, 1.165) is 27.9 Å². The summed E-state index contributed by atoms with van der Waals surface area (Å²) in [5, 5.41) is 4.87. The summed E-state index contributed by atoms with van der Waals surface area (Å²) in [4.78, 5) is 14.6. The first kappa shape index (κ1) is 10.4. The summed E-state index contributed by atoms with van der Waals surface area (Å²) in [6, 6.07) is 3.90. The standard InChI is InChI=1S/C13H11ClN2O2/c14-8-2-1-7-11-6(4-15-12(8)11)3-9-13(7)18-5-10(17)16-9/h1-2,4,9,13,15H,3,5H2,(H,16,17)/t9-,13-/m1/s1. The van der Waals surface area contributed by atoms with Crippen molar-refractivity contribution in [3.8, 4) is 0 Å². The van der Waals surface area contributed by atoms with Crippen LogP contribution in [0.1, 0.15) is 17.2 Å². The van der Waals surface area contributed by atoms with Crippen LogP contribution in [-0.2, 0) is 16.0 Å². The molecule has 0 bridgehead atoms. The third kappa shape index (κ3) is 1.27. The maximum Gasteiger partial charge on any atom is 0.246 e. The number of aromatic amines is 1. The number of hydrogen-bond donors (Lipinski definition) is 2. The van der Waals surface area contributed by atoms with E-state index in [-0.39, 0.29) is 24.7 Å². The van der Waals surface area contributed by atoms with Crippen LogP contribution < -0.4 is 5.32 Å². The minimum absolute atomic E-state index is 0.0268. The van der Waals surface area contributed by atoms with Crippen LogP contribution >= 0.6 is 11.6 Å². The Hall–Kier alpha value is -1.52. The first-order chi connectivity index (χ1) is 8.74. The Morgan fingerprint density at radius 2 is 2.28 bits per heavy atom. The Kier molecular flexibility index (Phi) is 2.02. The molecule has 2 aliphatic rings. The Balaban J connectivity index is 1.94. The number of halogens is 1. The Morgan fingerprint density at radius 3 is 3.17 bits per heavy atom. The van der Waals surface area contributed by atoms with Crippen molar-refractivity contribution < 1.29 is 9.53 Å². The molecule has 0 unspecified atom stereocenters. The van der Waals surface area contributed by atoms with Crippen LogP contribution in [0.5, 0.6) is 0 Å². The molecule has 1 aliphatic heterocycles. The summed E-state index contributed by atoms with van der Waals surface area (Å²) >= 11 is 6.18. The number of benzene rings is 1. The van der Waals surface area contributed by atoms with Crippen LogP contribution in [0.25, 0.3) is 10.9 Å². The van der Waals surface area contributed by atoms with Gasteiger partial charge in [-0.25, -0.2) is 0 Å². The maximum absolute atomic E-state index is 11.4. The molecular weight excluding hydrogens is 252 g/mol. The number of H-pyrrole nitrogens is 1. The van der Waals surface area contributed by atoms with E-state index >= 15 is 0 Å². The molecule has 0 saturated carbocycles. The fourth-order valence-corrected chi connectivity index (χ4v) is 3.23. The zero-order chi connectivity index (χ0) is 12.3. The van der Waals surface area contributed by atoms with E-state index in [9.17, 15) is 4.79 Å². The maximum atomic E-state index is 11.4. The number of nitrogens with one attached hydrogen (secondary N) is 2. The third-order valence-corrected chi connectivity index (χ3v) is 4.07. The second-order valence-corrected chi connectivity index (χ2v) is 5.22. The lowest BCUT2D eigenvalue weighted by Gasteiger charge is -2.36. The molecule has 2 aromatic rings. The first-order valence-electron chi connectivity index (χ1n) is 5.93. The van der Waals surface area contributed by atoms with Gasteiger partial charge in [0.2, 0.25) is 5.91 Å². The lowest BCUT2D eigenvalue weighted by Crippen LogP contribution is -2.49. The van der Waals surface area contributed by atoms with Gasteiger partial charge in [-0.2, -0.15) is 0 Å². The molecule has 0 spiro atoms. The van der Waals surface area contributed by atoms with Gasteiger partial charge in [0.15, 0.2) is 0 Å². The van der Waals surface area contributed by atoms with Gasteiger partial charge in [0, 0.05) is 11.6 Å². The Bertz CT molecular complexity index is 664. The smallest absolute Gasteiger partial charge is 0.246 e. The molecule has 1 saturated heterocycles. The number of fused-ring (bicyclic) bond motifs is 2. The summed E-state index contributed by atoms with van der Waals surface area (Å²) in [5.41, 5.74) is 3.26. The van der Waals surface area contributed by atoms with Crippen molar-refractivity contribution in [2.24, 2.45) is 0 Å². The largest absolute Gasteiger partial charge is 0.362 e. The zero-order valence-corrected chi connectivity index (χ0v) is 10.3. The summed E-state index contributed by atoms with van der Waals surface area (Å²) in [6.45, 7) is 0.130. The zero-order valence-electron chi connectivity index (χ0n) is 9.50. The van der Waals surface area contributed by atoms with Crippen LogP contribution in [0.15, 0.2) is 18.3 Å². The van der Waals surface area contributed by atoms with Gasteiger partial charge >= 0.3 is 0 Å². The van der Waals surface area contributed by atoms with Gasteiger partial charge in [-0.3, -0.25) is 4.79 Å². The molecule has 4 nitrogen and oxygen atoms in total. The first-order valence-corrected chi connectivity index (χ1v) is 6.31. The number of hydrogen-bond acceptors (Lipinski definition) is 2. The molecule has 5 heteroatoms. The van der Waals surface area contributed by atoms with Crippen LogP contribution in [0, 0.1) is 0 Å². The van der Waals surface area contributed by atoms with Crippen molar-refractivity contribution in [1.82, 2.24) is 10.3 Å². The quantitative estimate of drug-likeness (QED) is 0.762. The van der Waals surface area contributed by atoms with Gasteiger partial charge in [0.1, 0.15) is 12.7 Å². The summed E-state index contributed by atoms with van der Waals surface area (Å²) in [5.74, 6) is -0.0413. The van der Waals surface area contributed by atoms with Crippen molar-refractivity contribution in [2.75, 3.05) is 6.61 Å². The number of morpholine rings is 1. The van der Waals surface area contributed by atoms with Crippen LogP contribution in [0.2, 0.25) is 5.02 Å². The average Bonchev–Trinajstić information content (AvgIpc) is 2.77. The lowest BCUT2D eigenvalue weighted by atomic mass is 9.86. The highest BCUT2D eigenvalue weighted by Gasteiger charge is 2.36. The summed E-state index contributed by atoms with van der Waals surface area (Å²) < 4.78 is 5.68. The highest BCUT2D eigenvalue weighted by atomic mass is 35.5. The average molecular weight is 263 g/mol. The normalized spacial score (nSPS) is 25.9. The van der Waals surface area contributed by atoms with E-state index in [1.807, 2.05) is 18.3 Å². The number of amides is 1. The molecule has 1 fully saturated rings. The molecule has 92 valence electrons. The van der Waals surface area contributed by atoms with E-state index in [1.54, 1.807) is 0 Å². The van der Waals surface area contributed by atoms with Crippen LogP contribution in [0.4, 0.5) is 0 Å². The van der Waals surface area contributed by atoms with E-state index < -0.39 is 0 Å². The van der Waals surface area contributed by atoms with E-state index in [0.29, 0.717) is 0 Å². The number of aromatic nitrogens is 1. The Morgan fingerprint density at radius 1 is 1.39 bits per heavy atom. The molecule has 0 radical (unpaired) electrons. The van der Waals surface area contributed by atoms with Crippen molar-refractivity contribution in [3.05, 3.63) is 34.5 Å². The number of carbonyl (C=O) groups excluding carboxylic acids is 1. The van der Waals surface area contributed by atoms with E-state index in [1.165, 1.54) is 5.56 Å². The molecule has 1 aliphatic carbocycles. The number of rotatable bonds is 0. The molecule has 1 amide bonds. The fourth-order valence-electron chi connectivity index (χ4n) is 3.02. The van der Waals surface area contributed by atoms with Gasteiger partial charge in [-0.05, 0) is 23.6 Å². The second-order valence-electron chi connectivity index (χ2n) is 4.81. The van der Waals surface area contributed by atoms with Crippen LogP contribution in [0.3, 0.4) is 0 Å². The molecule has 2 N–H and O–H groups in total. The van der Waals surface area contributed by atoms with Crippen molar-refractivity contribution in [1.29, 1.82) is 0 Å². The second kappa shape index (κ2) is 3.49. The SMILES string of the molecule is O=C1CO[C@@H]2c3ccc(Cl)c4[nH]cc(c34)C[C@H]2N1. The minimum atomic E-state index is -0.0641. The van der Waals surface area contributed by atoms with Gasteiger partial charge in [-0.1, -0.05) is 17.7 Å². The predicted octanol–water partition coefficient (Wildman–Crippen LogP) is 1.93. The highest BCUT2D eigenvalue weighted by molar-refractivity contribution is 6.35. The van der Waals surface area contributed by atoms with Gasteiger partial charge in [-0.15, -0.1) is 0 Å². The predicted molar refractivity (Wildman–Crippen MR) is 67.6 cm³/mol. The number of carbonyl (C=O) groups is 1. The highest BCUT2D eigenvalue weighted by Crippen LogP contribution is 2.40. The summed E-state index contributed by atoms with van der Waals surface area (Å²) in [6.07, 6.45) is 2.69. The van der Waals surface area contributed by atoms with Gasteiger partial charge < -0.3 is 15.0 Å². The Labute approximate surface area is 108 Å². The van der Waals surface area contributed by atoms with E-state index in [4.69, 9.17) is 16.3 Å². The molecule has 1 aromatic carbocycles. The number of ether oxygens (including phenoxy) is 1. The monoisotopic (exact) mass is 262 g/mol. The minimum Gasteiger partial charge on any atom is -0.362 e. The molecule has 2 atom stereocenters. The third-order valence-electron chi connectivity index (χ3n) is 3.75. The van der Waals surface area contributed by atoms with Crippen molar-refractivity contribution in [3.63, 3.8) is 0 Å². The van der Waals surface area contributed by atoms with Gasteiger partial charge in [0.25, 0.3) is 0 Å². The fraction of sp³-hybridized carbons (Fsp3) is 0.308. The van der Waals surface area contributed by atoms with E-state index in [2.05, 4.69) is 10.3 Å². The molecule has 2 heterocycles. The molecule has 1 aromatic heterocycles. The lowest BCUT2D eigenvalue weighted by molar-refractivity contribution is -0.137.